The van der Waals surface area contributed by atoms with Crippen molar-refractivity contribution >= 4 is 23.5 Å². The van der Waals surface area contributed by atoms with E-state index in [1.165, 1.54) is 0 Å². The van der Waals surface area contributed by atoms with Crippen molar-refractivity contribution in [2.24, 2.45) is 11.7 Å². The molecule has 25 heavy (non-hydrogen) atoms. The van der Waals surface area contributed by atoms with E-state index in [2.05, 4.69) is 5.32 Å². The highest BCUT2D eigenvalue weighted by Gasteiger charge is 2.28. The molecule has 1 aromatic rings. The van der Waals surface area contributed by atoms with Crippen molar-refractivity contribution in [3.63, 3.8) is 0 Å². The molecule has 1 aliphatic heterocycles. The number of carbonyl (C=O) groups excluding carboxylic acids is 3. The summed E-state index contributed by atoms with van der Waals surface area (Å²) in [5.74, 6) is -0.656. The third kappa shape index (κ3) is 5.03. The Morgan fingerprint density at radius 3 is 2.36 bits per heavy atom. The van der Waals surface area contributed by atoms with Crippen LogP contribution >= 0.6 is 0 Å². The molecular formula is C18H25N3O4. The van der Waals surface area contributed by atoms with E-state index in [-0.39, 0.29) is 23.7 Å². The Morgan fingerprint density at radius 2 is 1.84 bits per heavy atom. The molecule has 0 radical (unpaired) electrons. The molecule has 3 N–H and O–H groups in total. The zero-order valence-corrected chi connectivity index (χ0v) is 14.7. The summed E-state index contributed by atoms with van der Waals surface area (Å²) in [6.45, 7) is 4.84. The molecule has 136 valence electrons. The molecule has 0 aliphatic carbocycles. The lowest BCUT2D eigenvalue weighted by Gasteiger charge is -2.31. The Labute approximate surface area is 147 Å². The second-order valence-electron chi connectivity index (χ2n) is 6.17. The standard InChI is InChI=1S/C18H25N3O4/c1-3-25-18(24)14-8-10-21(11-9-14)17(23)13-4-6-15(7-5-13)20-16(22)12(2)19/h4-7,12,14H,3,8-11,19H2,1-2H3,(H,20,22)/t12-/m0/s1. The molecule has 7 heteroatoms. The van der Waals surface area contributed by atoms with Gasteiger partial charge in [-0.3, -0.25) is 14.4 Å². The largest absolute Gasteiger partial charge is 0.466 e. The summed E-state index contributed by atoms with van der Waals surface area (Å²) < 4.78 is 5.04. The van der Waals surface area contributed by atoms with E-state index in [1.807, 2.05) is 0 Å². The van der Waals surface area contributed by atoms with Crippen LogP contribution in [-0.4, -0.2) is 48.4 Å². The number of rotatable bonds is 5. The maximum absolute atomic E-state index is 12.5. The van der Waals surface area contributed by atoms with Gasteiger partial charge in [0.05, 0.1) is 18.6 Å². The number of benzene rings is 1. The number of ether oxygens (including phenoxy) is 1. The third-order valence-electron chi connectivity index (χ3n) is 4.22. The van der Waals surface area contributed by atoms with Crippen LogP contribution in [-0.2, 0) is 14.3 Å². The van der Waals surface area contributed by atoms with Gasteiger partial charge in [0.15, 0.2) is 0 Å². The fourth-order valence-corrected chi connectivity index (χ4v) is 2.71. The van der Waals surface area contributed by atoms with E-state index in [4.69, 9.17) is 10.5 Å². The maximum Gasteiger partial charge on any atom is 0.309 e. The van der Waals surface area contributed by atoms with E-state index < -0.39 is 6.04 Å². The number of likely N-dealkylation sites (tertiary alicyclic amines) is 1. The molecule has 1 aromatic carbocycles. The van der Waals surface area contributed by atoms with Gasteiger partial charge in [-0.15, -0.1) is 0 Å². The molecule has 1 fully saturated rings. The Morgan fingerprint density at radius 1 is 1.24 bits per heavy atom. The van der Waals surface area contributed by atoms with E-state index in [0.717, 1.165) is 0 Å². The number of piperidine rings is 1. The van der Waals surface area contributed by atoms with Crippen LogP contribution in [0.4, 0.5) is 5.69 Å². The van der Waals surface area contributed by atoms with Crippen LogP contribution < -0.4 is 11.1 Å². The molecule has 0 aromatic heterocycles. The van der Waals surface area contributed by atoms with Crippen LogP contribution in [0.2, 0.25) is 0 Å². The fourth-order valence-electron chi connectivity index (χ4n) is 2.71. The van der Waals surface area contributed by atoms with Gasteiger partial charge >= 0.3 is 5.97 Å². The SMILES string of the molecule is CCOC(=O)C1CCN(C(=O)c2ccc(NC(=O)[C@H](C)N)cc2)CC1. The van der Waals surface area contributed by atoms with Crippen LogP contribution in [0, 0.1) is 5.92 Å². The second kappa shape index (κ2) is 8.62. The van der Waals surface area contributed by atoms with Gasteiger partial charge < -0.3 is 20.7 Å². The zero-order valence-electron chi connectivity index (χ0n) is 14.7. The lowest BCUT2D eigenvalue weighted by molar-refractivity contribution is -0.149. The van der Waals surface area contributed by atoms with Gasteiger partial charge in [0.2, 0.25) is 5.91 Å². The first-order chi connectivity index (χ1) is 11.9. The summed E-state index contributed by atoms with van der Waals surface area (Å²) in [6, 6.07) is 6.12. The van der Waals surface area contributed by atoms with Crippen LogP contribution in [0.25, 0.3) is 0 Å². The second-order valence-corrected chi connectivity index (χ2v) is 6.17. The topological polar surface area (TPSA) is 102 Å². The fraction of sp³-hybridized carbons (Fsp3) is 0.500. The number of anilines is 1. The zero-order chi connectivity index (χ0) is 18.4. The highest BCUT2D eigenvalue weighted by Crippen LogP contribution is 2.21. The molecule has 1 saturated heterocycles. The lowest BCUT2D eigenvalue weighted by atomic mass is 9.96. The average Bonchev–Trinajstić information content (AvgIpc) is 2.62. The highest BCUT2D eigenvalue weighted by atomic mass is 16.5. The van der Waals surface area contributed by atoms with Crippen LogP contribution in [0.3, 0.4) is 0 Å². The molecule has 1 heterocycles. The number of carbonyl (C=O) groups is 3. The summed E-state index contributed by atoms with van der Waals surface area (Å²) in [5.41, 5.74) is 6.65. The molecule has 0 bridgehead atoms. The minimum absolute atomic E-state index is 0.0765. The summed E-state index contributed by atoms with van der Waals surface area (Å²) in [5, 5.41) is 2.68. The molecule has 1 aliphatic rings. The molecule has 1 atom stereocenters. The summed E-state index contributed by atoms with van der Waals surface area (Å²) in [6.07, 6.45) is 1.24. The van der Waals surface area contributed by atoms with Crippen molar-refractivity contribution in [1.29, 1.82) is 0 Å². The Kier molecular flexibility index (Phi) is 6.52. The van der Waals surface area contributed by atoms with Crippen molar-refractivity contribution in [3.8, 4) is 0 Å². The van der Waals surface area contributed by atoms with Gasteiger partial charge in [0, 0.05) is 24.3 Å². The van der Waals surface area contributed by atoms with Gasteiger partial charge in [0.25, 0.3) is 5.91 Å². The van der Waals surface area contributed by atoms with E-state index >= 15 is 0 Å². The van der Waals surface area contributed by atoms with Crippen molar-refractivity contribution in [3.05, 3.63) is 29.8 Å². The van der Waals surface area contributed by atoms with Crippen molar-refractivity contribution in [1.82, 2.24) is 4.90 Å². The van der Waals surface area contributed by atoms with E-state index in [1.54, 1.807) is 43.0 Å². The molecular weight excluding hydrogens is 322 g/mol. The molecule has 2 rings (SSSR count). The van der Waals surface area contributed by atoms with Crippen LogP contribution in [0.5, 0.6) is 0 Å². The number of hydrogen-bond acceptors (Lipinski definition) is 5. The maximum atomic E-state index is 12.5. The smallest absolute Gasteiger partial charge is 0.309 e. The van der Waals surface area contributed by atoms with Gasteiger partial charge in [-0.1, -0.05) is 0 Å². The van der Waals surface area contributed by atoms with Crippen molar-refractivity contribution in [2.75, 3.05) is 25.0 Å². The van der Waals surface area contributed by atoms with Gasteiger partial charge in [-0.25, -0.2) is 0 Å². The van der Waals surface area contributed by atoms with Gasteiger partial charge in [-0.05, 0) is 51.0 Å². The third-order valence-corrected chi connectivity index (χ3v) is 4.22. The Bertz CT molecular complexity index is 620. The number of amides is 2. The Hall–Kier alpha value is -2.41. The first kappa shape index (κ1) is 18.9. The van der Waals surface area contributed by atoms with Crippen LogP contribution in [0.15, 0.2) is 24.3 Å². The monoisotopic (exact) mass is 347 g/mol. The predicted molar refractivity (Wildman–Crippen MR) is 94.0 cm³/mol. The van der Waals surface area contributed by atoms with Gasteiger partial charge in [-0.2, -0.15) is 0 Å². The van der Waals surface area contributed by atoms with Gasteiger partial charge in [0.1, 0.15) is 0 Å². The minimum Gasteiger partial charge on any atom is -0.466 e. The van der Waals surface area contributed by atoms with E-state index in [9.17, 15) is 14.4 Å². The summed E-state index contributed by atoms with van der Waals surface area (Å²) in [7, 11) is 0. The number of nitrogens with two attached hydrogens (primary N) is 1. The lowest BCUT2D eigenvalue weighted by Crippen LogP contribution is -2.40. The molecule has 7 nitrogen and oxygen atoms in total. The predicted octanol–water partition coefficient (Wildman–Crippen LogP) is 1.39. The number of esters is 1. The summed E-state index contributed by atoms with van der Waals surface area (Å²) in [4.78, 5) is 37.6. The van der Waals surface area contributed by atoms with Crippen molar-refractivity contribution in [2.45, 2.75) is 32.7 Å². The van der Waals surface area contributed by atoms with Crippen molar-refractivity contribution < 1.29 is 19.1 Å². The van der Waals surface area contributed by atoms with Crippen LogP contribution in [0.1, 0.15) is 37.0 Å². The highest BCUT2D eigenvalue weighted by molar-refractivity contribution is 5.97. The quantitative estimate of drug-likeness (QED) is 0.784. The number of nitrogens with one attached hydrogen (secondary N) is 1. The summed E-state index contributed by atoms with van der Waals surface area (Å²) >= 11 is 0. The molecule has 0 saturated carbocycles. The first-order valence-electron chi connectivity index (χ1n) is 8.54. The average molecular weight is 347 g/mol. The number of hydrogen-bond donors (Lipinski definition) is 2. The normalized spacial score (nSPS) is 16.2. The molecule has 2 amide bonds. The van der Waals surface area contributed by atoms with E-state index in [0.29, 0.717) is 43.8 Å². The minimum atomic E-state index is -0.595. The molecule has 0 unspecified atom stereocenters. The molecule has 0 spiro atoms. The number of nitrogens with zero attached hydrogens (tertiary/aromatic N) is 1. The Balaban J connectivity index is 1.91. The first-order valence-corrected chi connectivity index (χ1v) is 8.54.